The highest BCUT2D eigenvalue weighted by molar-refractivity contribution is 7.92. The molecule has 0 aliphatic carbocycles. The number of alkyl halides is 3. The van der Waals surface area contributed by atoms with Crippen molar-refractivity contribution in [2.45, 2.75) is 37.3 Å². The van der Waals surface area contributed by atoms with E-state index >= 15 is 0 Å². The molecule has 0 heterocycles. The molecule has 0 bridgehead atoms. The fraction of sp³-hybridized carbons (Fsp3) is 0.333. The Morgan fingerprint density at radius 1 is 1.00 bits per heavy atom. The first kappa shape index (κ1) is 20.1. The number of hydrogen-bond acceptors (Lipinski definition) is 3. The molecule has 0 fully saturated rings. The van der Waals surface area contributed by atoms with E-state index in [0.29, 0.717) is 5.92 Å². The number of benzene rings is 2. The van der Waals surface area contributed by atoms with E-state index in [4.69, 9.17) is 0 Å². The Morgan fingerprint density at radius 2 is 1.58 bits per heavy atom. The molecule has 0 aliphatic rings. The van der Waals surface area contributed by atoms with E-state index in [2.05, 4.69) is 10.0 Å². The molecule has 1 unspecified atom stereocenters. The van der Waals surface area contributed by atoms with E-state index in [-0.39, 0.29) is 16.3 Å². The van der Waals surface area contributed by atoms with Gasteiger partial charge in [-0.25, -0.2) is 8.42 Å². The van der Waals surface area contributed by atoms with Gasteiger partial charge in [-0.1, -0.05) is 38.1 Å². The Balaban J connectivity index is 2.21. The van der Waals surface area contributed by atoms with Crippen LogP contribution in [0.3, 0.4) is 0 Å². The molecular formula is C18H21F3N2O2S. The van der Waals surface area contributed by atoms with Gasteiger partial charge in [0.15, 0.2) is 0 Å². The summed E-state index contributed by atoms with van der Waals surface area (Å²) in [5.74, 6) is 0.312. The third-order valence-corrected chi connectivity index (χ3v) is 5.40. The third kappa shape index (κ3) is 5.39. The highest BCUT2D eigenvalue weighted by Gasteiger charge is 2.27. The number of nitrogens with one attached hydrogen (secondary N) is 2. The molecule has 8 heteroatoms. The summed E-state index contributed by atoms with van der Waals surface area (Å²) in [7, 11) is -3.91. The van der Waals surface area contributed by atoms with Crippen molar-refractivity contribution in [2.24, 2.45) is 0 Å². The first-order chi connectivity index (χ1) is 12.1. The molecule has 0 saturated carbocycles. The van der Waals surface area contributed by atoms with Crippen LogP contribution in [0.5, 0.6) is 0 Å². The SMILES string of the molecule is CCC(C)c1ccc(S(=O)(=O)Nc2ccccc2NCC(F)(F)F)cc1. The van der Waals surface area contributed by atoms with Crippen molar-refractivity contribution in [3.8, 4) is 0 Å². The first-order valence-corrected chi connectivity index (χ1v) is 9.63. The molecule has 0 saturated heterocycles. The Hall–Kier alpha value is -2.22. The molecule has 0 aromatic heterocycles. The number of hydrogen-bond donors (Lipinski definition) is 2. The molecule has 0 radical (unpaired) electrons. The van der Waals surface area contributed by atoms with E-state index in [1.165, 1.54) is 30.3 Å². The van der Waals surface area contributed by atoms with Gasteiger partial charge in [-0.15, -0.1) is 0 Å². The Bertz CT molecular complexity index is 834. The molecular weight excluding hydrogens is 365 g/mol. The van der Waals surface area contributed by atoms with Crippen LogP contribution in [0, 0.1) is 0 Å². The summed E-state index contributed by atoms with van der Waals surface area (Å²) in [5.41, 5.74) is 1.14. The van der Waals surface area contributed by atoms with Crippen LogP contribution in [-0.2, 0) is 10.0 Å². The van der Waals surface area contributed by atoms with Crippen molar-refractivity contribution < 1.29 is 21.6 Å². The number of sulfonamides is 1. The highest BCUT2D eigenvalue weighted by atomic mass is 32.2. The second kappa shape index (κ2) is 7.99. The maximum absolute atomic E-state index is 12.5. The second-order valence-corrected chi connectivity index (χ2v) is 7.68. The van der Waals surface area contributed by atoms with Crippen LogP contribution in [0.4, 0.5) is 24.5 Å². The minimum Gasteiger partial charge on any atom is -0.375 e. The lowest BCUT2D eigenvalue weighted by atomic mass is 9.99. The minimum atomic E-state index is -4.40. The Labute approximate surface area is 151 Å². The summed E-state index contributed by atoms with van der Waals surface area (Å²) in [6.07, 6.45) is -3.47. The molecule has 0 amide bonds. The molecule has 2 aromatic rings. The fourth-order valence-electron chi connectivity index (χ4n) is 2.34. The van der Waals surface area contributed by atoms with Crippen LogP contribution < -0.4 is 10.0 Å². The van der Waals surface area contributed by atoms with Crippen LogP contribution >= 0.6 is 0 Å². The van der Waals surface area contributed by atoms with Gasteiger partial charge in [0.2, 0.25) is 0 Å². The van der Waals surface area contributed by atoms with Gasteiger partial charge in [0, 0.05) is 0 Å². The van der Waals surface area contributed by atoms with E-state index < -0.39 is 22.7 Å². The number of para-hydroxylation sites is 2. The van der Waals surface area contributed by atoms with Crippen LogP contribution in [0.1, 0.15) is 31.7 Å². The van der Waals surface area contributed by atoms with Gasteiger partial charge >= 0.3 is 6.18 Å². The average Bonchev–Trinajstić information content (AvgIpc) is 2.59. The van der Waals surface area contributed by atoms with Gasteiger partial charge in [-0.3, -0.25) is 4.72 Å². The van der Waals surface area contributed by atoms with Gasteiger partial charge < -0.3 is 5.32 Å². The first-order valence-electron chi connectivity index (χ1n) is 8.15. The summed E-state index contributed by atoms with van der Waals surface area (Å²) in [6, 6.07) is 12.3. The summed E-state index contributed by atoms with van der Waals surface area (Å²) >= 11 is 0. The monoisotopic (exact) mass is 386 g/mol. The van der Waals surface area contributed by atoms with Gasteiger partial charge in [0.05, 0.1) is 16.3 Å². The second-order valence-electron chi connectivity index (χ2n) is 6.00. The molecule has 2 rings (SSSR count). The van der Waals surface area contributed by atoms with Crippen LogP contribution in [-0.4, -0.2) is 21.1 Å². The standard InChI is InChI=1S/C18H21F3N2O2S/c1-3-13(2)14-8-10-15(11-9-14)26(24,25)23-17-7-5-4-6-16(17)22-12-18(19,20)21/h4-11,13,22-23H,3,12H2,1-2H3. The maximum Gasteiger partial charge on any atom is 0.405 e. The quantitative estimate of drug-likeness (QED) is 0.706. The minimum absolute atomic E-state index is 0.0511. The largest absolute Gasteiger partial charge is 0.405 e. The molecule has 2 aromatic carbocycles. The van der Waals surface area contributed by atoms with Gasteiger partial charge in [-0.05, 0) is 42.2 Å². The Kier molecular flexibility index (Phi) is 6.17. The molecule has 2 N–H and O–H groups in total. The number of halogens is 3. The lowest BCUT2D eigenvalue weighted by Crippen LogP contribution is -2.22. The molecule has 0 spiro atoms. The van der Waals surface area contributed by atoms with E-state index in [1.54, 1.807) is 18.2 Å². The predicted octanol–water partition coefficient (Wildman–Crippen LogP) is 4.98. The van der Waals surface area contributed by atoms with E-state index in [0.717, 1.165) is 12.0 Å². The molecule has 0 aliphatic heterocycles. The van der Waals surface area contributed by atoms with Gasteiger partial charge in [0.25, 0.3) is 10.0 Å². The zero-order chi connectivity index (χ0) is 19.4. The van der Waals surface area contributed by atoms with Crippen molar-refractivity contribution in [3.63, 3.8) is 0 Å². The summed E-state index contributed by atoms with van der Waals surface area (Å²) in [6.45, 7) is 2.83. The number of rotatable bonds is 7. The fourth-order valence-corrected chi connectivity index (χ4v) is 3.42. The molecule has 1 atom stereocenters. The zero-order valence-electron chi connectivity index (χ0n) is 14.5. The van der Waals surface area contributed by atoms with Crippen LogP contribution in [0.15, 0.2) is 53.4 Å². The predicted molar refractivity (Wildman–Crippen MR) is 96.9 cm³/mol. The lowest BCUT2D eigenvalue weighted by Gasteiger charge is -2.16. The molecule has 4 nitrogen and oxygen atoms in total. The smallest absolute Gasteiger partial charge is 0.375 e. The average molecular weight is 386 g/mol. The van der Waals surface area contributed by atoms with Crippen molar-refractivity contribution in [3.05, 3.63) is 54.1 Å². The topological polar surface area (TPSA) is 58.2 Å². The van der Waals surface area contributed by atoms with Crippen molar-refractivity contribution in [1.82, 2.24) is 0 Å². The van der Waals surface area contributed by atoms with Crippen LogP contribution in [0.25, 0.3) is 0 Å². The third-order valence-electron chi connectivity index (χ3n) is 4.02. The summed E-state index contributed by atoms with van der Waals surface area (Å²) in [5, 5.41) is 2.21. The van der Waals surface area contributed by atoms with E-state index in [9.17, 15) is 21.6 Å². The zero-order valence-corrected chi connectivity index (χ0v) is 15.3. The molecule has 142 valence electrons. The molecule has 26 heavy (non-hydrogen) atoms. The highest BCUT2D eigenvalue weighted by Crippen LogP contribution is 2.27. The van der Waals surface area contributed by atoms with Crippen molar-refractivity contribution in [2.75, 3.05) is 16.6 Å². The summed E-state index contributed by atoms with van der Waals surface area (Å²) in [4.78, 5) is 0.0511. The van der Waals surface area contributed by atoms with Gasteiger partial charge in [0.1, 0.15) is 6.54 Å². The van der Waals surface area contributed by atoms with Crippen LogP contribution in [0.2, 0.25) is 0 Å². The van der Waals surface area contributed by atoms with Crippen molar-refractivity contribution in [1.29, 1.82) is 0 Å². The lowest BCUT2D eigenvalue weighted by molar-refractivity contribution is -0.115. The van der Waals surface area contributed by atoms with E-state index in [1.807, 2.05) is 13.8 Å². The Morgan fingerprint density at radius 3 is 2.12 bits per heavy atom. The normalized spacial score (nSPS) is 13.3. The summed E-state index contributed by atoms with van der Waals surface area (Å²) < 4.78 is 64.7. The maximum atomic E-state index is 12.5. The number of anilines is 2. The van der Waals surface area contributed by atoms with Gasteiger partial charge in [-0.2, -0.15) is 13.2 Å². The van der Waals surface area contributed by atoms with Crippen molar-refractivity contribution >= 4 is 21.4 Å².